The van der Waals surface area contributed by atoms with E-state index < -0.39 is 35.9 Å². The molecule has 0 unspecified atom stereocenters. The molecule has 1 amide bonds. The normalized spacial score (nSPS) is 10.2. The third kappa shape index (κ3) is 5.24. The lowest BCUT2D eigenvalue weighted by molar-refractivity contribution is -0.119. The van der Waals surface area contributed by atoms with Crippen LogP contribution in [-0.2, 0) is 9.53 Å². The largest absolute Gasteiger partial charge is 0.493 e. The maximum atomic E-state index is 13.1. The molecule has 0 aliphatic carbocycles. The number of carbonyl (C=O) groups excluding carboxylic acids is 3. The van der Waals surface area contributed by atoms with Gasteiger partial charge < -0.3 is 19.9 Å². The van der Waals surface area contributed by atoms with Crippen LogP contribution < -0.4 is 15.2 Å². The topological polar surface area (TPSA) is 105 Å². The van der Waals surface area contributed by atoms with Crippen LogP contribution >= 0.6 is 0 Å². The standard InChI is InChI=1S/C18H15F2NO6/c1-25-16-7-11(3-5-15(16)26-9-17(21)23)18(24)27-8-14(22)10-2-4-12(19)13(20)6-10/h2-7H,8-9H2,1H3,(H2,21,23). The second-order valence-corrected chi connectivity index (χ2v) is 5.25. The van der Waals surface area contributed by atoms with Crippen molar-refractivity contribution in [3.8, 4) is 11.5 Å². The van der Waals surface area contributed by atoms with Crippen molar-refractivity contribution in [2.75, 3.05) is 20.3 Å². The number of benzene rings is 2. The Hall–Kier alpha value is -3.49. The fourth-order valence-corrected chi connectivity index (χ4v) is 2.03. The summed E-state index contributed by atoms with van der Waals surface area (Å²) in [5.74, 6) is -4.15. The highest BCUT2D eigenvalue weighted by molar-refractivity contribution is 5.99. The Morgan fingerprint density at radius 3 is 2.26 bits per heavy atom. The monoisotopic (exact) mass is 379 g/mol. The number of hydrogen-bond acceptors (Lipinski definition) is 6. The maximum Gasteiger partial charge on any atom is 0.338 e. The van der Waals surface area contributed by atoms with Gasteiger partial charge in [0.05, 0.1) is 12.7 Å². The number of methoxy groups -OCH3 is 1. The lowest BCUT2D eigenvalue weighted by atomic mass is 10.1. The van der Waals surface area contributed by atoms with E-state index in [0.29, 0.717) is 0 Å². The van der Waals surface area contributed by atoms with Crippen LogP contribution in [-0.4, -0.2) is 38.0 Å². The van der Waals surface area contributed by atoms with Gasteiger partial charge in [0.1, 0.15) is 0 Å². The molecule has 0 aliphatic rings. The van der Waals surface area contributed by atoms with Crippen molar-refractivity contribution in [3.63, 3.8) is 0 Å². The molecule has 2 N–H and O–H groups in total. The fraction of sp³-hybridized carbons (Fsp3) is 0.167. The summed E-state index contributed by atoms with van der Waals surface area (Å²) in [5, 5.41) is 0. The Labute approximate surface area is 152 Å². The van der Waals surface area contributed by atoms with Crippen molar-refractivity contribution < 1.29 is 37.4 Å². The molecule has 0 heterocycles. The number of ketones is 1. The highest BCUT2D eigenvalue weighted by Gasteiger charge is 2.16. The van der Waals surface area contributed by atoms with E-state index in [4.69, 9.17) is 19.9 Å². The van der Waals surface area contributed by atoms with Gasteiger partial charge in [-0.1, -0.05) is 0 Å². The number of rotatable bonds is 8. The first-order valence-electron chi connectivity index (χ1n) is 7.56. The Kier molecular flexibility index (Phi) is 6.42. The molecule has 0 radical (unpaired) electrons. The van der Waals surface area contributed by atoms with Gasteiger partial charge in [-0.05, 0) is 36.4 Å². The van der Waals surface area contributed by atoms with E-state index in [0.717, 1.165) is 18.2 Å². The van der Waals surface area contributed by atoms with Gasteiger partial charge in [-0.2, -0.15) is 0 Å². The molecular weight excluding hydrogens is 364 g/mol. The zero-order chi connectivity index (χ0) is 20.0. The minimum atomic E-state index is -1.18. The second kappa shape index (κ2) is 8.75. The van der Waals surface area contributed by atoms with Crippen LogP contribution in [0.3, 0.4) is 0 Å². The molecule has 2 rings (SSSR count). The molecule has 2 aromatic rings. The molecule has 0 saturated heterocycles. The molecule has 0 bridgehead atoms. The van der Waals surface area contributed by atoms with Crippen molar-refractivity contribution in [2.24, 2.45) is 5.73 Å². The number of primary amides is 1. The first-order chi connectivity index (χ1) is 12.8. The quantitative estimate of drug-likeness (QED) is 0.555. The average molecular weight is 379 g/mol. The molecule has 2 aromatic carbocycles. The molecule has 0 fully saturated rings. The van der Waals surface area contributed by atoms with Crippen LogP contribution in [0.15, 0.2) is 36.4 Å². The number of nitrogens with two attached hydrogens (primary N) is 1. The lowest BCUT2D eigenvalue weighted by Crippen LogP contribution is -2.20. The molecule has 0 spiro atoms. The van der Waals surface area contributed by atoms with Crippen molar-refractivity contribution in [1.82, 2.24) is 0 Å². The third-order valence-corrected chi connectivity index (χ3v) is 3.35. The van der Waals surface area contributed by atoms with Crippen molar-refractivity contribution in [2.45, 2.75) is 0 Å². The number of amides is 1. The van der Waals surface area contributed by atoms with Gasteiger partial charge in [-0.3, -0.25) is 9.59 Å². The number of esters is 1. The first-order valence-corrected chi connectivity index (χ1v) is 7.56. The van der Waals surface area contributed by atoms with E-state index in [-0.39, 0.29) is 29.2 Å². The maximum absolute atomic E-state index is 13.1. The third-order valence-electron chi connectivity index (χ3n) is 3.35. The molecule has 0 atom stereocenters. The molecule has 0 aliphatic heterocycles. The van der Waals surface area contributed by atoms with Gasteiger partial charge in [0.15, 0.2) is 42.1 Å². The predicted molar refractivity (Wildman–Crippen MR) is 88.7 cm³/mol. The van der Waals surface area contributed by atoms with Gasteiger partial charge in [0, 0.05) is 5.56 Å². The number of carbonyl (C=O) groups is 3. The number of halogens is 2. The second-order valence-electron chi connectivity index (χ2n) is 5.25. The van der Waals surface area contributed by atoms with Gasteiger partial charge >= 0.3 is 5.97 Å². The van der Waals surface area contributed by atoms with Crippen LogP contribution in [0.5, 0.6) is 11.5 Å². The van der Waals surface area contributed by atoms with Crippen molar-refractivity contribution in [3.05, 3.63) is 59.2 Å². The summed E-state index contributed by atoms with van der Waals surface area (Å²) in [6.07, 6.45) is 0. The molecule has 0 aromatic heterocycles. The van der Waals surface area contributed by atoms with Gasteiger partial charge in [-0.15, -0.1) is 0 Å². The van der Waals surface area contributed by atoms with Crippen LogP contribution in [0.2, 0.25) is 0 Å². The number of ether oxygens (including phenoxy) is 3. The van der Waals surface area contributed by atoms with E-state index in [1.807, 2.05) is 0 Å². The van der Waals surface area contributed by atoms with Crippen molar-refractivity contribution in [1.29, 1.82) is 0 Å². The number of Topliss-reactive ketones (excluding diaryl/α,β-unsaturated/α-hetero) is 1. The summed E-state index contributed by atoms with van der Waals surface area (Å²) < 4.78 is 41.1. The summed E-state index contributed by atoms with van der Waals surface area (Å²) in [4.78, 5) is 34.7. The smallest absolute Gasteiger partial charge is 0.338 e. The Bertz CT molecular complexity index is 884. The van der Waals surface area contributed by atoms with E-state index in [2.05, 4.69) is 0 Å². The minimum absolute atomic E-state index is 0.0522. The molecule has 142 valence electrons. The van der Waals surface area contributed by atoms with E-state index in [9.17, 15) is 23.2 Å². The summed E-state index contributed by atoms with van der Waals surface area (Å²) in [5.41, 5.74) is 4.91. The lowest BCUT2D eigenvalue weighted by Gasteiger charge is -2.11. The average Bonchev–Trinajstić information content (AvgIpc) is 2.66. The molecule has 7 nitrogen and oxygen atoms in total. The van der Waals surface area contributed by atoms with Crippen LogP contribution in [0.4, 0.5) is 8.78 Å². The summed E-state index contributed by atoms with van der Waals surface area (Å²) >= 11 is 0. The summed E-state index contributed by atoms with van der Waals surface area (Å²) in [6.45, 7) is -1.03. The zero-order valence-corrected chi connectivity index (χ0v) is 14.2. The Balaban J connectivity index is 2.03. The zero-order valence-electron chi connectivity index (χ0n) is 14.2. The predicted octanol–water partition coefficient (Wildman–Crippen LogP) is 1.88. The highest BCUT2D eigenvalue weighted by Crippen LogP contribution is 2.28. The first kappa shape index (κ1) is 19.8. The minimum Gasteiger partial charge on any atom is -0.493 e. The van der Waals surface area contributed by atoms with Crippen LogP contribution in [0, 0.1) is 11.6 Å². The van der Waals surface area contributed by atoms with E-state index >= 15 is 0 Å². The van der Waals surface area contributed by atoms with Gasteiger partial charge in [0.25, 0.3) is 5.91 Å². The van der Waals surface area contributed by atoms with Gasteiger partial charge in [0.2, 0.25) is 0 Å². The summed E-state index contributed by atoms with van der Waals surface area (Å²) in [6, 6.07) is 6.61. The van der Waals surface area contributed by atoms with E-state index in [1.54, 1.807) is 0 Å². The molecule has 27 heavy (non-hydrogen) atoms. The van der Waals surface area contributed by atoms with Gasteiger partial charge in [-0.25, -0.2) is 13.6 Å². The van der Waals surface area contributed by atoms with E-state index in [1.165, 1.54) is 25.3 Å². The number of hydrogen-bond donors (Lipinski definition) is 1. The molecule has 0 saturated carbocycles. The SMILES string of the molecule is COc1cc(C(=O)OCC(=O)c2ccc(F)c(F)c2)ccc1OCC(N)=O. The van der Waals surface area contributed by atoms with Crippen molar-refractivity contribution >= 4 is 17.7 Å². The van der Waals surface area contributed by atoms with Crippen LogP contribution in [0.25, 0.3) is 0 Å². The highest BCUT2D eigenvalue weighted by atomic mass is 19.2. The summed E-state index contributed by atoms with van der Waals surface area (Å²) in [7, 11) is 1.33. The molecule has 9 heteroatoms. The molecular formula is C18H15F2NO6. The Morgan fingerprint density at radius 1 is 0.926 bits per heavy atom. The Morgan fingerprint density at radius 2 is 1.63 bits per heavy atom. The van der Waals surface area contributed by atoms with Crippen LogP contribution in [0.1, 0.15) is 20.7 Å². The fourth-order valence-electron chi connectivity index (χ4n) is 2.03.